The molecule has 0 aliphatic heterocycles. The van der Waals surface area contributed by atoms with Crippen molar-refractivity contribution < 1.29 is 9.18 Å². The van der Waals surface area contributed by atoms with Crippen molar-refractivity contribution in [2.75, 3.05) is 0 Å². The number of hydrogen-bond acceptors (Lipinski definition) is 2. The SMILES string of the molecule is N#C[C@@H](NC(=O)c1ccc(Cl)cc1)c1ccc(F)cc1. The van der Waals surface area contributed by atoms with Crippen LogP contribution in [0.5, 0.6) is 0 Å². The molecule has 5 heteroatoms. The van der Waals surface area contributed by atoms with Crippen molar-refractivity contribution in [3.05, 3.63) is 70.5 Å². The monoisotopic (exact) mass is 288 g/mol. The molecule has 0 bridgehead atoms. The first-order valence-electron chi connectivity index (χ1n) is 5.81. The number of carbonyl (C=O) groups excluding carboxylic acids is 1. The van der Waals surface area contributed by atoms with E-state index < -0.39 is 17.8 Å². The zero-order valence-corrected chi connectivity index (χ0v) is 11.1. The minimum absolute atomic E-state index is 0.391. The van der Waals surface area contributed by atoms with Crippen LogP contribution in [0.15, 0.2) is 48.5 Å². The topological polar surface area (TPSA) is 52.9 Å². The molecule has 2 rings (SSSR count). The maximum atomic E-state index is 12.8. The molecule has 0 heterocycles. The Morgan fingerprint density at radius 3 is 2.30 bits per heavy atom. The minimum atomic E-state index is -0.834. The fourth-order valence-electron chi connectivity index (χ4n) is 1.66. The van der Waals surface area contributed by atoms with Crippen LogP contribution >= 0.6 is 11.6 Å². The normalized spacial score (nSPS) is 11.4. The maximum Gasteiger partial charge on any atom is 0.252 e. The van der Waals surface area contributed by atoms with Gasteiger partial charge in [-0.25, -0.2) is 4.39 Å². The van der Waals surface area contributed by atoms with Gasteiger partial charge in [-0.05, 0) is 42.0 Å². The number of halogens is 2. The second-order valence-electron chi connectivity index (χ2n) is 4.09. The maximum absolute atomic E-state index is 12.8. The highest BCUT2D eigenvalue weighted by Gasteiger charge is 2.15. The molecule has 0 aromatic heterocycles. The summed E-state index contributed by atoms with van der Waals surface area (Å²) >= 11 is 5.74. The minimum Gasteiger partial charge on any atom is -0.333 e. The number of amides is 1. The third-order valence-corrected chi connectivity index (χ3v) is 2.97. The molecule has 0 aliphatic rings. The summed E-state index contributed by atoms with van der Waals surface area (Å²) in [5.74, 6) is -0.785. The number of nitrogens with one attached hydrogen (secondary N) is 1. The molecule has 2 aromatic carbocycles. The second-order valence-corrected chi connectivity index (χ2v) is 4.53. The molecule has 0 unspecified atom stereocenters. The largest absolute Gasteiger partial charge is 0.333 e. The molecule has 0 aliphatic carbocycles. The molecule has 1 N–H and O–H groups in total. The van der Waals surface area contributed by atoms with Crippen molar-refractivity contribution >= 4 is 17.5 Å². The standard InChI is InChI=1S/C15H10ClFN2O/c16-12-5-1-11(2-6-12)15(20)19-14(9-18)10-3-7-13(17)8-4-10/h1-8,14H,(H,19,20)/t14-/m1/s1. The number of nitriles is 1. The van der Waals surface area contributed by atoms with E-state index in [9.17, 15) is 9.18 Å². The van der Waals surface area contributed by atoms with Gasteiger partial charge in [0.2, 0.25) is 0 Å². The third kappa shape index (κ3) is 3.34. The fourth-order valence-corrected chi connectivity index (χ4v) is 1.79. The van der Waals surface area contributed by atoms with Crippen LogP contribution < -0.4 is 5.32 Å². The lowest BCUT2D eigenvalue weighted by Crippen LogP contribution is -2.27. The number of hydrogen-bond donors (Lipinski definition) is 1. The van der Waals surface area contributed by atoms with Crippen molar-refractivity contribution in [1.82, 2.24) is 5.32 Å². The lowest BCUT2D eigenvalue weighted by molar-refractivity contribution is 0.0945. The lowest BCUT2D eigenvalue weighted by Gasteiger charge is -2.12. The second kappa shape index (κ2) is 6.18. The van der Waals surface area contributed by atoms with Gasteiger partial charge in [-0.3, -0.25) is 4.79 Å². The predicted molar refractivity (Wildman–Crippen MR) is 73.7 cm³/mol. The molecule has 0 radical (unpaired) electrons. The zero-order valence-electron chi connectivity index (χ0n) is 10.3. The summed E-state index contributed by atoms with van der Waals surface area (Å²) in [4.78, 5) is 12.0. The van der Waals surface area contributed by atoms with E-state index in [1.165, 1.54) is 24.3 Å². The first-order valence-corrected chi connectivity index (χ1v) is 6.19. The van der Waals surface area contributed by atoms with Crippen LogP contribution in [-0.2, 0) is 0 Å². The van der Waals surface area contributed by atoms with E-state index in [1.807, 2.05) is 6.07 Å². The highest BCUT2D eigenvalue weighted by atomic mass is 35.5. The van der Waals surface area contributed by atoms with E-state index in [1.54, 1.807) is 24.3 Å². The van der Waals surface area contributed by atoms with Gasteiger partial charge >= 0.3 is 0 Å². The van der Waals surface area contributed by atoms with Gasteiger partial charge in [0.1, 0.15) is 11.9 Å². The van der Waals surface area contributed by atoms with E-state index in [0.29, 0.717) is 16.1 Å². The summed E-state index contributed by atoms with van der Waals surface area (Å²) in [7, 11) is 0. The molecular formula is C15H10ClFN2O. The molecule has 3 nitrogen and oxygen atoms in total. The smallest absolute Gasteiger partial charge is 0.252 e. The van der Waals surface area contributed by atoms with Crippen LogP contribution in [0, 0.1) is 17.1 Å². The zero-order chi connectivity index (χ0) is 14.5. The number of benzene rings is 2. The van der Waals surface area contributed by atoms with E-state index in [4.69, 9.17) is 16.9 Å². The van der Waals surface area contributed by atoms with E-state index in [-0.39, 0.29) is 0 Å². The number of rotatable bonds is 3. The summed E-state index contributed by atoms with van der Waals surface area (Å²) < 4.78 is 12.8. The average molecular weight is 289 g/mol. The Kier molecular flexibility index (Phi) is 4.34. The van der Waals surface area contributed by atoms with Crippen LogP contribution in [0.2, 0.25) is 5.02 Å². The van der Waals surface area contributed by atoms with Crippen molar-refractivity contribution in [2.45, 2.75) is 6.04 Å². The van der Waals surface area contributed by atoms with Gasteiger partial charge in [0.15, 0.2) is 0 Å². The molecule has 0 fully saturated rings. The van der Waals surface area contributed by atoms with Crippen LogP contribution in [-0.4, -0.2) is 5.91 Å². The quantitative estimate of drug-likeness (QED) is 0.940. The molecule has 1 amide bonds. The van der Waals surface area contributed by atoms with Gasteiger partial charge in [0, 0.05) is 10.6 Å². The highest BCUT2D eigenvalue weighted by Crippen LogP contribution is 2.15. The Balaban J connectivity index is 2.14. The Hall–Kier alpha value is -2.38. The third-order valence-electron chi connectivity index (χ3n) is 2.71. The van der Waals surface area contributed by atoms with Crippen LogP contribution in [0.1, 0.15) is 22.0 Å². The van der Waals surface area contributed by atoms with Crippen LogP contribution in [0.25, 0.3) is 0 Å². The van der Waals surface area contributed by atoms with Crippen molar-refractivity contribution in [2.24, 2.45) is 0 Å². The summed E-state index contributed by atoms with van der Waals surface area (Å²) in [5.41, 5.74) is 0.924. The first-order chi connectivity index (χ1) is 9.60. The van der Waals surface area contributed by atoms with Gasteiger partial charge in [-0.2, -0.15) is 5.26 Å². The lowest BCUT2D eigenvalue weighted by atomic mass is 10.1. The first kappa shape index (κ1) is 14.0. The summed E-state index contributed by atoms with van der Waals surface area (Å²) in [5, 5.41) is 12.2. The Bertz CT molecular complexity index is 647. The molecular weight excluding hydrogens is 279 g/mol. The molecule has 20 heavy (non-hydrogen) atoms. The van der Waals surface area contributed by atoms with Crippen molar-refractivity contribution in [1.29, 1.82) is 5.26 Å². The summed E-state index contributed by atoms with van der Waals surface area (Å²) in [6.45, 7) is 0. The molecule has 0 spiro atoms. The Morgan fingerprint density at radius 1 is 1.15 bits per heavy atom. The van der Waals surface area contributed by atoms with Crippen molar-refractivity contribution in [3.63, 3.8) is 0 Å². The van der Waals surface area contributed by atoms with Gasteiger partial charge in [-0.15, -0.1) is 0 Å². The number of nitrogens with zero attached hydrogens (tertiary/aromatic N) is 1. The fraction of sp³-hybridized carbons (Fsp3) is 0.0667. The molecule has 100 valence electrons. The molecule has 0 saturated carbocycles. The van der Waals surface area contributed by atoms with Gasteiger partial charge in [0.05, 0.1) is 6.07 Å². The van der Waals surface area contributed by atoms with Gasteiger partial charge in [0.25, 0.3) is 5.91 Å². The van der Waals surface area contributed by atoms with Crippen LogP contribution in [0.4, 0.5) is 4.39 Å². The van der Waals surface area contributed by atoms with Gasteiger partial charge < -0.3 is 5.32 Å². The van der Waals surface area contributed by atoms with E-state index >= 15 is 0 Å². The average Bonchev–Trinajstić information content (AvgIpc) is 2.46. The van der Waals surface area contributed by atoms with Gasteiger partial charge in [-0.1, -0.05) is 23.7 Å². The van der Waals surface area contributed by atoms with E-state index in [0.717, 1.165) is 0 Å². The van der Waals surface area contributed by atoms with Crippen LogP contribution in [0.3, 0.4) is 0 Å². The van der Waals surface area contributed by atoms with Crippen molar-refractivity contribution in [3.8, 4) is 6.07 Å². The number of carbonyl (C=O) groups is 1. The Morgan fingerprint density at radius 2 is 1.75 bits per heavy atom. The molecule has 1 atom stereocenters. The highest BCUT2D eigenvalue weighted by molar-refractivity contribution is 6.30. The van der Waals surface area contributed by atoms with E-state index in [2.05, 4.69) is 5.32 Å². The molecule has 2 aromatic rings. The summed E-state index contributed by atoms with van der Waals surface area (Å²) in [6.07, 6.45) is 0. The predicted octanol–water partition coefficient (Wildman–Crippen LogP) is 3.47. The summed E-state index contributed by atoms with van der Waals surface area (Å²) in [6, 6.07) is 12.9. The Labute approximate surface area is 120 Å². The molecule has 0 saturated heterocycles.